The molecule has 1 aliphatic heterocycles. The number of alkyl halides is 3. The van der Waals surface area contributed by atoms with Gasteiger partial charge in [-0.3, -0.25) is 4.79 Å². The van der Waals surface area contributed by atoms with E-state index in [4.69, 9.17) is 0 Å². The fraction of sp³-hybridized carbons (Fsp3) is 0.375. The number of rotatable bonds is 4. The zero-order chi connectivity index (χ0) is 17.2. The van der Waals surface area contributed by atoms with Gasteiger partial charge >= 0.3 is 6.18 Å². The molecule has 3 rings (SSSR count). The highest BCUT2D eigenvalue weighted by Crippen LogP contribution is 2.30. The Bertz CT molecular complexity index is 706. The minimum Gasteiger partial charge on any atom is -0.306 e. The van der Waals surface area contributed by atoms with E-state index < -0.39 is 11.7 Å². The number of carbonyl (C=O) groups is 1. The van der Waals surface area contributed by atoms with Crippen molar-refractivity contribution in [1.82, 2.24) is 10.3 Å². The van der Waals surface area contributed by atoms with Crippen molar-refractivity contribution < 1.29 is 18.0 Å². The number of hydrogen-bond acceptors (Lipinski definition) is 4. The summed E-state index contributed by atoms with van der Waals surface area (Å²) in [5.41, 5.74) is 0.106. The summed E-state index contributed by atoms with van der Waals surface area (Å²) in [6, 6.07) is 4.90. The lowest BCUT2D eigenvalue weighted by Gasteiger charge is -2.08. The molecule has 1 amide bonds. The standard InChI is InChI=1S/C16H16F3N3OS/c17-16(18,19)11-5-3-10(4-6-11)8-12-9-21-15(24-12)22-14(23)13-2-1-7-20-13/h3-6,9,13,20H,1-2,7-8H2,(H,21,22,23)/t13-/m0/s1. The molecule has 0 spiro atoms. The third-order valence-corrected chi connectivity index (χ3v) is 4.73. The van der Waals surface area contributed by atoms with Crippen LogP contribution in [0.2, 0.25) is 0 Å². The van der Waals surface area contributed by atoms with Gasteiger partial charge < -0.3 is 10.6 Å². The van der Waals surface area contributed by atoms with Gasteiger partial charge in [-0.2, -0.15) is 13.2 Å². The van der Waals surface area contributed by atoms with E-state index in [0.717, 1.165) is 42.0 Å². The van der Waals surface area contributed by atoms with Crippen molar-refractivity contribution in [2.45, 2.75) is 31.5 Å². The summed E-state index contributed by atoms with van der Waals surface area (Å²) in [7, 11) is 0. The number of amides is 1. The molecular weight excluding hydrogens is 339 g/mol. The van der Waals surface area contributed by atoms with E-state index in [0.29, 0.717) is 11.6 Å². The first-order chi connectivity index (χ1) is 11.4. The molecule has 0 aliphatic carbocycles. The lowest BCUT2D eigenvalue weighted by Crippen LogP contribution is -2.35. The summed E-state index contributed by atoms with van der Waals surface area (Å²) >= 11 is 1.33. The smallest absolute Gasteiger partial charge is 0.306 e. The molecule has 0 radical (unpaired) electrons. The fourth-order valence-corrected chi connectivity index (χ4v) is 3.41. The Kier molecular flexibility index (Phi) is 4.86. The van der Waals surface area contributed by atoms with Gasteiger partial charge in [0.15, 0.2) is 5.13 Å². The zero-order valence-corrected chi connectivity index (χ0v) is 13.5. The summed E-state index contributed by atoms with van der Waals surface area (Å²) in [6.45, 7) is 0.842. The second-order valence-corrected chi connectivity index (χ2v) is 6.76. The van der Waals surface area contributed by atoms with Gasteiger partial charge in [-0.1, -0.05) is 12.1 Å². The van der Waals surface area contributed by atoms with Crippen LogP contribution in [-0.4, -0.2) is 23.5 Å². The van der Waals surface area contributed by atoms with Gasteiger partial charge in [0.1, 0.15) is 0 Å². The predicted octanol–water partition coefficient (Wildman–Crippen LogP) is 3.44. The van der Waals surface area contributed by atoms with E-state index >= 15 is 0 Å². The van der Waals surface area contributed by atoms with Gasteiger partial charge in [-0.15, -0.1) is 11.3 Å². The number of nitrogens with zero attached hydrogens (tertiary/aromatic N) is 1. The molecule has 1 saturated heterocycles. The van der Waals surface area contributed by atoms with Gasteiger partial charge in [0.25, 0.3) is 0 Å². The molecular formula is C16H16F3N3OS. The van der Waals surface area contributed by atoms with Crippen molar-refractivity contribution >= 4 is 22.4 Å². The lowest BCUT2D eigenvalue weighted by atomic mass is 10.1. The molecule has 0 saturated carbocycles. The van der Waals surface area contributed by atoms with Crippen LogP contribution in [0, 0.1) is 0 Å². The maximum absolute atomic E-state index is 12.5. The molecule has 1 aromatic carbocycles. The topological polar surface area (TPSA) is 54.0 Å². The Morgan fingerprint density at radius 3 is 2.71 bits per heavy atom. The largest absolute Gasteiger partial charge is 0.416 e. The third-order valence-electron chi connectivity index (χ3n) is 3.82. The van der Waals surface area contributed by atoms with Crippen LogP contribution < -0.4 is 10.6 Å². The molecule has 4 nitrogen and oxygen atoms in total. The van der Waals surface area contributed by atoms with E-state index in [2.05, 4.69) is 15.6 Å². The van der Waals surface area contributed by atoms with Crippen molar-refractivity contribution in [2.75, 3.05) is 11.9 Å². The van der Waals surface area contributed by atoms with Gasteiger partial charge in [-0.25, -0.2) is 4.98 Å². The monoisotopic (exact) mass is 355 g/mol. The molecule has 2 N–H and O–H groups in total. The summed E-state index contributed by atoms with van der Waals surface area (Å²) in [5.74, 6) is -0.0945. The van der Waals surface area contributed by atoms with Crippen molar-refractivity contribution in [2.24, 2.45) is 0 Å². The Morgan fingerprint density at radius 1 is 1.33 bits per heavy atom. The average Bonchev–Trinajstić information content (AvgIpc) is 3.19. The van der Waals surface area contributed by atoms with Crippen molar-refractivity contribution in [3.8, 4) is 0 Å². The Balaban J connectivity index is 1.60. The minimum absolute atomic E-state index is 0.0945. The van der Waals surface area contributed by atoms with Gasteiger partial charge in [0.05, 0.1) is 11.6 Å². The SMILES string of the molecule is O=C(Nc1ncc(Cc2ccc(C(F)(F)F)cc2)s1)[C@@H]1CCCN1. The second-order valence-electron chi connectivity index (χ2n) is 5.64. The van der Waals surface area contributed by atoms with E-state index in [-0.39, 0.29) is 11.9 Å². The summed E-state index contributed by atoms with van der Waals surface area (Å²) in [5, 5.41) is 6.40. The zero-order valence-electron chi connectivity index (χ0n) is 12.7. The van der Waals surface area contributed by atoms with Crippen molar-refractivity contribution in [1.29, 1.82) is 0 Å². The van der Waals surface area contributed by atoms with Crippen molar-refractivity contribution in [3.05, 3.63) is 46.5 Å². The van der Waals surface area contributed by atoms with Crippen LogP contribution in [0.3, 0.4) is 0 Å². The van der Waals surface area contributed by atoms with Crippen LogP contribution in [0.4, 0.5) is 18.3 Å². The molecule has 8 heteroatoms. The Morgan fingerprint density at radius 2 is 2.08 bits per heavy atom. The summed E-state index contributed by atoms with van der Waals surface area (Å²) < 4.78 is 37.6. The number of aromatic nitrogens is 1. The molecule has 0 unspecified atom stereocenters. The molecule has 1 fully saturated rings. The quantitative estimate of drug-likeness (QED) is 0.883. The Hall–Kier alpha value is -1.93. The predicted molar refractivity (Wildman–Crippen MR) is 86.0 cm³/mol. The molecule has 2 heterocycles. The van der Waals surface area contributed by atoms with Crippen LogP contribution in [-0.2, 0) is 17.4 Å². The van der Waals surface area contributed by atoms with Gasteiger partial charge in [0, 0.05) is 17.5 Å². The minimum atomic E-state index is -4.32. The number of thiazole rings is 1. The number of hydrogen-bond donors (Lipinski definition) is 2. The van der Waals surface area contributed by atoms with E-state index in [1.54, 1.807) is 6.20 Å². The molecule has 1 atom stereocenters. The summed E-state index contributed by atoms with van der Waals surface area (Å²) in [6.07, 6.45) is -0.410. The molecule has 128 valence electrons. The molecule has 1 aromatic heterocycles. The maximum atomic E-state index is 12.5. The number of anilines is 1. The van der Waals surface area contributed by atoms with E-state index in [9.17, 15) is 18.0 Å². The maximum Gasteiger partial charge on any atom is 0.416 e. The molecule has 0 bridgehead atoms. The van der Waals surface area contributed by atoms with Crippen molar-refractivity contribution in [3.63, 3.8) is 0 Å². The number of nitrogens with one attached hydrogen (secondary N) is 2. The van der Waals surface area contributed by atoms with Crippen LogP contribution in [0.5, 0.6) is 0 Å². The first-order valence-electron chi connectivity index (χ1n) is 7.57. The second kappa shape index (κ2) is 6.90. The number of benzene rings is 1. The first kappa shape index (κ1) is 16.9. The first-order valence-corrected chi connectivity index (χ1v) is 8.38. The number of carbonyl (C=O) groups excluding carboxylic acids is 1. The highest BCUT2D eigenvalue weighted by molar-refractivity contribution is 7.15. The highest BCUT2D eigenvalue weighted by Gasteiger charge is 2.30. The van der Waals surface area contributed by atoms with E-state index in [1.807, 2.05) is 0 Å². The highest BCUT2D eigenvalue weighted by atomic mass is 32.1. The lowest BCUT2D eigenvalue weighted by molar-refractivity contribution is -0.137. The van der Waals surface area contributed by atoms with Crippen LogP contribution >= 0.6 is 11.3 Å². The molecule has 2 aromatic rings. The fourth-order valence-electron chi connectivity index (χ4n) is 2.56. The van der Waals surface area contributed by atoms with Gasteiger partial charge in [-0.05, 0) is 37.1 Å². The van der Waals surface area contributed by atoms with Crippen LogP contribution in [0.1, 0.15) is 28.8 Å². The molecule has 1 aliphatic rings. The Labute approximate surface area is 141 Å². The van der Waals surface area contributed by atoms with E-state index in [1.165, 1.54) is 23.5 Å². The third kappa shape index (κ3) is 4.12. The van der Waals surface area contributed by atoms with Crippen LogP contribution in [0.15, 0.2) is 30.5 Å². The molecule has 24 heavy (non-hydrogen) atoms. The van der Waals surface area contributed by atoms with Gasteiger partial charge in [0.2, 0.25) is 5.91 Å². The number of halogens is 3. The summed E-state index contributed by atoms with van der Waals surface area (Å²) in [4.78, 5) is 17.0. The normalized spacial score (nSPS) is 17.9. The average molecular weight is 355 g/mol. The van der Waals surface area contributed by atoms with Crippen LogP contribution in [0.25, 0.3) is 0 Å².